The first kappa shape index (κ1) is 19.3. The number of benzene rings is 3. The Morgan fingerprint density at radius 2 is 1.04 bits per heavy atom. The third-order valence-corrected chi connectivity index (χ3v) is 4.30. The van der Waals surface area contributed by atoms with E-state index >= 15 is 0 Å². The predicted octanol–water partition coefficient (Wildman–Crippen LogP) is 4.14. The van der Waals surface area contributed by atoms with Gasteiger partial charge in [-0.3, -0.25) is 0 Å². The molecule has 0 saturated carbocycles. The van der Waals surface area contributed by atoms with Crippen LogP contribution in [0.15, 0.2) is 36.4 Å². The van der Waals surface area contributed by atoms with E-state index in [4.69, 9.17) is 11.5 Å². The lowest BCUT2D eigenvalue weighted by molar-refractivity contribution is 0.402. The minimum absolute atomic E-state index is 0.0492. The molecule has 0 spiro atoms. The van der Waals surface area contributed by atoms with E-state index in [1.807, 2.05) is 0 Å². The van der Waals surface area contributed by atoms with Crippen LogP contribution in [0.25, 0.3) is 0 Å². The van der Waals surface area contributed by atoms with Gasteiger partial charge in [-0.15, -0.1) is 0 Å². The number of phenols is 2. The highest BCUT2D eigenvalue weighted by molar-refractivity contribution is 5.61. The molecule has 9 heteroatoms. The predicted molar refractivity (Wildman–Crippen MR) is 92.2 cm³/mol. The summed E-state index contributed by atoms with van der Waals surface area (Å²) >= 11 is 0. The smallest absolute Gasteiger partial charge is 0.202 e. The highest BCUT2D eigenvalue weighted by atomic mass is 19.2. The van der Waals surface area contributed by atoms with Crippen molar-refractivity contribution in [3.05, 3.63) is 82.2 Å². The van der Waals surface area contributed by atoms with Crippen molar-refractivity contribution in [2.45, 2.75) is 5.92 Å². The third-order valence-electron chi connectivity index (χ3n) is 4.30. The number of halogens is 5. The fraction of sp³-hybridized carbons (Fsp3) is 0.0526. The lowest BCUT2D eigenvalue weighted by Gasteiger charge is -2.22. The lowest BCUT2D eigenvalue weighted by Crippen LogP contribution is -2.12. The fourth-order valence-electron chi connectivity index (χ4n) is 2.92. The van der Waals surface area contributed by atoms with Gasteiger partial charge in [0.15, 0.2) is 23.1 Å². The zero-order valence-corrected chi connectivity index (χ0v) is 14.0. The molecular weight excluding hydrogens is 383 g/mol. The molecule has 0 aromatic heterocycles. The number of hydrogen-bond donors (Lipinski definition) is 4. The van der Waals surface area contributed by atoms with Crippen molar-refractivity contribution in [1.82, 2.24) is 0 Å². The average molecular weight is 396 g/mol. The number of nitrogens with two attached hydrogens (primary N) is 2. The van der Waals surface area contributed by atoms with Gasteiger partial charge >= 0.3 is 0 Å². The molecule has 0 unspecified atom stereocenters. The van der Waals surface area contributed by atoms with Gasteiger partial charge in [-0.05, 0) is 29.8 Å². The van der Waals surface area contributed by atoms with Crippen LogP contribution in [0.5, 0.6) is 11.5 Å². The van der Waals surface area contributed by atoms with Crippen molar-refractivity contribution in [3.63, 3.8) is 0 Å². The largest absolute Gasteiger partial charge is 0.503 e. The summed E-state index contributed by atoms with van der Waals surface area (Å²) in [7, 11) is 0. The first-order valence-corrected chi connectivity index (χ1v) is 7.81. The highest BCUT2D eigenvalue weighted by Crippen LogP contribution is 2.42. The van der Waals surface area contributed by atoms with Crippen molar-refractivity contribution >= 4 is 11.4 Å². The van der Waals surface area contributed by atoms with Gasteiger partial charge in [0, 0.05) is 17.0 Å². The Bertz CT molecular complexity index is 1010. The number of anilines is 2. The van der Waals surface area contributed by atoms with Gasteiger partial charge in [-0.25, -0.2) is 13.2 Å². The van der Waals surface area contributed by atoms with Crippen molar-refractivity contribution in [2.75, 3.05) is 11.5 Å². The van der Waals surface area contributed by atoms with Crippen LogP contribution in [0, 0.1) is 29.1 Å². The molecule has 0 atom stereocenters. The molecular formula is C19H13F5N2O2. The second kappa shape index (κ2) is 6.91. The van der Waals surface area contributed by atoms with E-state index in [-0.39, 0.29) is 5.56 Å². The molecule has 0 bridgehead atoms. The standard InChI is InChI=1S/C19H13F5N2O2/c20-8-3-1-7(2-4-8)13(9-5-11(25)18(27)16(23)14(9)21)10-6-12(26)19(28)17(24)15(10)22/h1-6,13,27-28H,25-26H2. The van der Waals surface area contributed by atoms with E-state index in [1.165, 1.54) is 0 Å². The third kappa shape index (κ3) is 3.04. The molecule has 0 saturated heterocycles. The van der Waals surface area contributed by atoms with Crippen molar-refractivity contribution in [1.29, 1.82) is 0 Å². The van der Waals surface area contributed by atoms with Crippen LogP contribution in [-0.4, -0.2) is 10.2 Å². The number of rotatable bonds is 3. The summed E-state index contributed by atoms with van der Waals surface area (Å²) in [6, 6.07) is 5.97. The van der Waals surface area contributed by atoms with Crippen LogP contribution in [0.4, 0.5) is 33.3 Å². The Kier molecular flexibility index (Phi) is 4.76. The van der Waals surface area contributed by atoms with Crippen molar-refractivity contribution < 1.29 is 32.2 Å². The average Bonchev–Trinajstić information content (AvgIpc) is 2.67. The van der Waals surface area contributed by atoms with Gasteiger partial charge in [-0.1, -0.05) is 12.1 Å². The maximum atomic E-state index is 14.6. The number of aromatic hydroxyl groups is 2. The van der Waals surface area contributed by atoms with Gasteiger partial charge < -0.3 is 21.7 Å². The van der Waals surface area contributed by atoms with E-state index in [0.29, 0.717) is 0 Å². The van der Waals surface area contributed by atoms with E-state index < -0.39 is 69.0 Å². The molecule has 3 aromatic carbocycles. The molecule has 0 aliphatic heterocycles. The van der Waals surface area contributed by atoms with E-state index in [1.54, 1.807) is 0 Å². The van der Waals surface area contributed by atoms with Crippen molar-refractivity contribution in [2.24, 2.45) is 0 Å². The maximum absolute atomic E-state index is 14.6. The molecule has 0 radical (unpaired) electrons. The van der Waals surface area contributed by atoms with E-state index in [2.05, 4.69) is 0 Å². The normalized spacial score (nSPS) is 11.2. The Morgan fingerprint density at radius 1 is 0.643 bits per heavy atom. The molecule has 0 aliphatic carbocycles. The summed E-state index contributed by atoms with van der Waals surface area (Å²) in [5, 5.41) is 18.9. The van der Waals surface area contributed by atoms with Gasteiger partial charge in [-0.2, -0.15) is 8.78 Å². The molecule has 3 rings (SSSR count). The molecule has 0 aliphatic rings. The Hall–Kier alpha value is -3.49. The topological polar surface area (TPSA) is 92.5 Å². The minimum Gasteiger partial charge on any atom is -0.503 e. The molecule has 3 aromatic rings. The van der Waals surface area contributed by atoms with Gasteiger partial charge in [0.05, 0.1) is 11.4 Å². The van der Waals surface area contributed by atoms with Crippen LogP contribution in [0.3, 0.4) is 0 Å². The fourth-order valence-corrected chi connectivity index (χ4v) is 2.92. The Labute approximate surface area is 155 Å². The molecule has 6 N–H and O–H groups in total. The first-order chi connectivity index (χ1) is 13.1. The van der Waals surface area contributed by atoms with Crippen LogP contribution in [0.2, 0.25) is 0 Å². The molecule has 0 amide bonds. The van der Waals surface area contributed by atoms with Crippen LogP contribution >= 0.6 is 0 Å². The number of nitrogen functional groups attached to an aromatic ring is 2. The van der Waals surface area contributed by atoms with Crippen LogP contribution in [0.1, 0.15) is 22.6 Å². The zero-order chi connectivity index (χ0) is 20.7. The van der Waals surface area contributed by atoms with Crippen LogP contribution in [-0.2, 0) is 0 Å². The Balaban J connectivity index is 2.38. The quantitative estimate of drug-likeness (QED) is 0.232. The first-order valence-electron chi connectivity index (χ1n) is 7.81. The van der Waals surface area contributed by atoms with Crippen molar-refractivity contribution in [3.8, 4) is 11.5 Å². The lowest BCUT2D eigenvalue weighted by atomic mass is 9.83. The van der Waals surface area contributed by atoms with E-state index in [0.717, 1.165) is 36.4 Å². The summed E-state index contributed by atoms with van der Waals surface area (Å²) in [5.41, 5.74) is 8.81. The highest BCUT2D eigenvalue weighted by Gasteiger charge is 2.30. The molecule has 28 heavy (non-hydrogen) atoms. The molecule has 146 valence electrons. The molecule has 0 fully saturated rings. The van der Waals surface area contributed by atoms with Gasteiger partial charge in [0.25, 0.3) is 0 Å². The summed E-state index contributed by atoms with van der Waals surface area (Å²) in [5.74, 6) is -11.0. The maximum Gasteiger partial charge on any atom is 0.202 e. The summed E-state index contributed by atoms with van der Waals surface area (Å²) in [4.78, 5) is 0. The monoisotopic (exact) mass is 396 g/mol. The minimum atomic E-state index is -1.69. The second-order valence-corrected chi connectivity index (χ2v) is 6.05. The molecule has 0 heterocycles. The summed E-state index contributed by atoms with van der Waals surface area (Å²) < 4.78 is 70.6. The van der Waals surface area contributed by atoms with Gasteiger partial charge in [0.1, 0.15) is 5.82 Å². The Morgan fingerprint density at radius 3 is 1.43 bits per heavy atom. The SMILES string of the molecule is Nc1cc(C(c2ccc(F)cc2)c2cc(N)c(O)c(F)c2F)c(F)c(F)c1O. The van der Waals surface area contributed by atoms with Gasteiger partial charge in [0.2, 0.25) is 11.6 Å². The second-order valence-electron chi connectivity index (χ2n) is 6.05. The summed E-state index contributed by atoms with van der Waals surface area (Å²) in [6.07, 6.45) is 0. The zero-order valence-electron chi connectivity index (χ0n) is 14.0. The summed E-state index contributed by atoms with van der Waals surface area (Å²) in [6.45, 7) is 0. The number of phenolic OH excluding ortho intramolecular Hbond substituents is 2. The van der Waals surface area contributed by atoms with Crippen LogP contribution < -0.4 is 11.5 Å². The molecule has 4 nitrogen and oxygen atoms in total. The number of hydrogen-bond acceptors (Lipinski definition) is 4. The van der Waals surface area contributed by atoms with E-state index in [9.17, 15) is 32.2 Å².